The maximum atomic E-state index is 13.5. The van der Waals surface area contributed by atoms with E-state index in [1.165, 1.54) is 11.1 Å². The Morgan fingerprint density at radius 2 is 1.04 bits per heavy atom. The number of H-pyrrole nitrogens is 2. The van der Waals surface area contributed by atoms with Gasteiger partial charge < -0.3 is 20.6 Å². The molecule has 0 spiro atoms. The summed E-state index contributed by atoms with van der Waals surface area (Å²) in [5, 5.41) is 5.79. The molecule has 2 saturated carbocycles. The number of aryl methyl sites for hydroxylation is 4. The number of fused-ring (bicyclic) bond motifs is 6. The molecule has 50 heavy (non-hydrogen) atoms. The molecule has 0 aliphatic heterocycles. The van der Waals surface area contributed by atoms with E-state index in [1.54, 1.807) is 0 Å². The number of nitrogens with one attached hydrogen (secondary N) is 4. The standard InChI is InChI=1S/C38H40F4N6O2/c39-37(40)13-9-21(10-14-37)35(49)43-19-31-45-29-7-3-25-17-23(1-5-27(25)33(29)47-31)24-2-6-28-26(18-24)4-8-30-34(28)48-32(46-30)20-44-36(50)22-11-15-38(41,42)16-12-22/h1-2,5-6,17-18,21-22H,3-4,7-16,19-20H2,(H,43,49)(H,44,50)(H,45,47)(H,46,48). The summed E-state index contributed by atoms with van der Waals surface area (Å²) in [5.74, 6) is -5.13. The van der Waals surface area contributed by atoms with Crippen molar-refractivity contribution in [2.24, 2.45) is 11.8 Å². The molecule has 0 unspecified atom stereocenters. The number of carbonyl (C=O) groups excluding carboxylic acids is 2. The number of alkyl halides is 4. The van der Waals surface area contributed by atoms with E-state index >= 15 is 0 Å². The predicted octanol–water partition coefficient (Wildman–Crippen LogP) is 7.21. The highest BCUT2D eigenvalue weighted by Gasteiger charge is 2.38. The van der Waals surface area contributed by atoms with Crippen LogP contribution < -0.4 is 10.6 Å². The van der Waals surface area contributed by atoms with E-state index in [-0.39, 0.29) is 88.1 Å². The second kappa shape index (κ2) is 12.7. The van der Waals surface area contributed by atoms with Crippen LogP contribution in [-0.2, 0) is 48.4 Å². The van der Waals surface area contributed by atoms with Crippen molar-refractivity contribution in [2.75, 3.05) is 0 Å². The number of rotatable bonds is 7. The highest BCUT2D eigenvalue weighted by atomic mass is 19.3. The first-order valence-corrected chi connectivity index (χ1v) is 17.7. The third-order valence-electron chi connectivity index (χ3n) is 11.0. The van der Waals surface area contributed by atoms with Crippen molar-refractivity contribution >= 4 is 11.8 Å². The molecule has 0 bridgehead atoms. The van der Waals surface area contributed by atoms with Gasteiger partial charge in [-0.15, -0.1) is 0 Å². The topological polar surface area (TPSA) is 116 Å². The molecule has 4 aromatic rings. The fourth-order valence-electron chi connectivity index (χ4n) is 8.09. The van der Waals surface area contributed by atoms with Gasteiger partial charge in [-0.25, -0.2) is 27.5 Å². The zero-order chi connectivity index (χ0) is 34.6. The lowest BCUT2D eigenvalue weighted by Gasteiger charge is -2.27. The minimum absolute atomic E-state index is 0.189. The first kappa shape index (κ1) is 32.7. The monoisotopic (exact) mass is 688 g/mol. The van der Waals surface area contributed by atoms with Gasteiger partial charge in [-0.3, -0.25) is 9.59 Å². The minimum atomic E-state index is -2.66. The van der Waals surface area contributed by atoms with Crippen LogP contribution >= 0.6 is 0 Å². The molecule has 262 valence electrons. The van der Waals surface area contributed by atoms with Gasteiger partial charge in [-0.1, -0.05) is 36.4 Å². The Bertz CT molecular complexity index is 1810. The van der Waals surface area contributed by atoms with Gasteiger partial charge in [0.15, 0.2) is 0 Å². The summed E-state index contributed by atoms with van der Waals surface area (Å²) < 4.78 is 54.0. The average molecular weight is 689 g/mol. The number of nitrogens with zero attached hydrogens (tertiary/aromatic N) is 2. The SMILES string of the molecule is O=C(NCc1nc2c([nH]1)-c1ccc(-c3ccc4c(c3)CCc3nc(CNC(=O)C5CCC(F)(F)CC5)[nH]c3-4)cc1CC2)C1CCC(F)(F)CC1. The van der Waals surface area contributed by atoms with Gasteiger partial charge in [-0.2, -0.15) is 0 Å². The van der Waals surface area contributed by atoms with Crippen LogP contribution in [0.3, 0.4) is 0 Å². The van der Waals surface area contributed by atoms with E-state index in [4.69, 9.17) is 9.97 Å². The molecule has 2 amide bonds. The first-order valence-electron chi connectivity index (χ1n) is 17.7. The smallest absolute Gasteiger partial charge is 0.248 e. The van der Waals surface area contributed by atoms with Crippen molar-refractivity contribution in [3.8, 4) is 33.6 Å². The normalized spacial score (nSPS) is 19.5. The molecule has 2 fully saturated rings. The van der Waals surface area contributed by atoms with Crippen LogP contribution in [0.2, 0.25) is 0 Å². The number of amides is 2. The molecule has 8 rings (SSSR count). The van der Waals surface area contributed by atoms with Gasteiger partial charge >= 0.3 is 0 Å². The van der Waals surface area contributed by atoms with Gasteiger partial charge in [0.25, 0.3) is 0 Å². The van der Waals surface area contributed by atoms with Crippen LogP contribution in [-0.4, -0.2) is 43.6 Å². The van der Waals surface area contributed by atoms with Gasteiger partial charge in [0.2, 0.25) is 23.7 Å². The fraction of sp³-hybridized carbons (Fsp3) is 0.474. The number of imidazole rings is 2. The third-order valence-corrected chi connectivity index (χ3v) is 11.0. The lowest BCUT2D eigenvalue weighted by atomic mass is 9.86. The summed E-state index contributed by atoms with van der Waals surface area (Å²) in [7, 11) is 0. The zero-order valence-electron chi connectivity index (χ0n) is 27.7. The van der Waals surface area contributed by atoms with Crippen molar-refractivity contribution in [3.05, 3.63) is 70.6 Å². The van der Waals surface area contributed by atoms with E-state index in [1.807, 2.05) is 0 Å². The highest BCUT2D eigenvalue weighted by molar-refractivity contribution is 5.80. The van der Waals surface area contributed by atoms with E-state index in [0.29, 0.717) is 11.6 Å². The average Bonchev–Trinajstić information content (AvgIpc) is 3.73. The first-order chi connectivity index (χ1) is 24.0. The third kappa shape index (κ3) is 6.56. The van der Waals surface area contributed by atoms with Crippen LogP contribution in [0.4, 0.5) is 17.6 Å². The van der Waals surface area contributed by atoms with Gasteiger partial charge in [0.05, 0.1) is 35.9 Å². The lowest BCUT2D eigenvalue weighted by molar-refractivity contribution is -0.130. The quantitative estimate of drug-likeness (QED) is 0.154. The second-order valence-corrected chi connectivity index (χ2v) is 14.5. The highest BCUT2D eigenvalue weighted by Crippen LogP contribution is 2.40. The van der Waals surface area contributed by atoms with E-state index in [0.717, 1.165) is 70.7 Å². The van der Waals surface area contributed by atoms with Crippen LogP contribution in [0.5, 0.6) is 0 Å². The van der Waals surface area contributed by atoms with Crippen LogP contribution in [0.15, 0.2) is 36.4 Å². The number of halogens is 4. The molecule has 4 N–H and O–H groups in total. The van der Waals surface area contributed by atoms with Gasteiger partial charge in [-0.05, 0) is 73.6 Å². The number of aromatic amines is 2. The van der Waals surface area contributed by atoms with Crippen molar-refractivity contribution in [1.29, 1.82) is 0 Å². The Morgan fingerprint density at radius 3 is 1.44 bits per heavy atom. The lowest BCUT2D eigenvalue weighted by Crippen LogP contribution is -2.35. The Morgan fingerprint density at radius 1 is 0.640 bits per heavy atom. The Balaban J connectivity index is 0.920. The van der Waals surface area contributed by atoms with Crippen molar-refractivity contribution < 1.29 is 27.2 Å². The van der Waals surface area contributed by atoms with E-state index < -0.39 is 11.8 Å². The molecule has 0 atom stereocenters. The number of hydrogen-bond acceptors (Lipinski definition) is 4. The summed E-state index contributed by atoms with van der Waals surface area (Å²) in [5.41, 5.74) is 10.7. The van der Waals surface area contributed by atoms with Crippen molar-refractivity contribution in [1.82, 2.24) is 30.6 Å². The van der Waals surface area contributed by atoms with Crippen LogP contribution in [0.25, 0.3) is 33.6 Å². The molecule has 2 aromatic heterocycles. The van der Waals surface area contributed by atoms with Crippen molar-refractivity contribution in [3.63, 3.8) is 0 Å². The fourth-order valence-corrected chi connectivity index (χ4v) is 8.09. The van der Waals surface area contributed by atoms with Crippen LogP contribution in [0, 0.1) is 11.8 Å². The van der Waals surface area contributed by atoms with E-state index in [2.05, 4.69) is 57.0 Å². The molecule has 12 heteroatoms. The molecule has 4 aliphatic carbocycles. The van der Waals surface area contributed by atoms with Gasteiger partial charge in [0, 0.05) is 48.6 Å². The second-order valence-electron chi connectivity index (χ2n) is 14.5. The molecule has 2 aromatic carbocycles. The van der Waals surface area contributed by atoms with Crippen LogP contribution in [0.1, 0.15) is 85.5 Å². The molecule has 4 aliphatic rings. The number of carbonyl (C=O) groups is 2. The molecule has 8 nitrogen and oxygen atoms in total. The molecule has 0 saturated heterocycles. The zero-order valence-corrected chi connectivity index (χ0v) is 27.7. The summed E-state index contributed by atoms with van der Waals surface area (Å²) in [6, 6.07) is 13.0. The van der Waals surface area contributed by atoms with Crippen molar-refractivity contribution in [2.45, 2.75) is 102 Å². The number of benzene rings is 2. The summed E-state index contributed by atoms with van der Waals surface area (Å²) in [4.78, 5) is 41.5. The maximum absolute atomic E-state index is 13.5. The molecular weight excluding hydrogens is 648 g/mol. The Hall–Kier alpha value is -4.48. The van der Waals surface area contributed by atoms with E-state index in [9.17, 15) is 27.2 Å². The predicted molar refractivity (Wildman–Crippen MR) is 179 cm³/mol. The Labute approximate surface area is 287 Å². The largest absolute Gasteiger partial charge is 0.349 e. The maximum Gasteiger partial charge on any atom is 0.248 e. The Kier molecular flexibility index (Phi) is 8.30. The summed E-state index contributed by atoms with van der Waals surface area (Å²) >= 11 is 0. The number of hydrogen-bond donors (Lipinski definition) is 4. The molecule has 2 heterocycles. The summed E-state index contributed by atoms with van der Waals surface area (Å²) in [6.07, 6.45) is 3.11. The van der Waals surface area contributed by atoms with Gasteiger partial charge in [0.1, 0.15) is 11.6 Å². The number of aromatic nitrogens is 4. The summed E-state index contributed by atoms with van der Waals surface area (Å²) in [6.45, 7) is 0.472. The minimum Gasteiger partial charge on any atom is -0.349 e. The molecule has 0 radical (unpaired) electrons. The molecular formula is C38H40F4N6O2.